The maximum absolute atomic E-state index is 10.7. The molecule has 1 atom stereocenters. The van der Waals surface area contributed by atoms with Gasteiger partial charge in [-0.15, -0.1) is 0 Å². The average molecular weight is 279 g/mol. The third-order valence-corrected chi connectivity index (χ3v) is 4.14. The van der Waals surface area contributed by atoms with Crippen molar-refractivity contribution in [3.05, 3.63) is 17.5 Å². The van der Waals surface area contributed by atoms with Gasteiger partial charge in [-0.1, -0.05) is 6.92 Å². The first-order valence-corrected chi connectivity index (χ1v) is 7.54. The predicted molar refractivity (Wildman–Crippen MR) is 77.5 cm³/mol. The Kier molecular flexibility index (Phi) is 5.17. The van der Waals surface area contributed by atoms with E-state index in [1.165, 1.54) is 12.1 Å². The molecule has 1 aliphatic heterocycles. The predicted octanol–water partition coefficient (Wildman–Crippen LogP) is 2.06. The van der Waals surface area contributed by atoms with Gasteiger partial charge in [0.15, 0.2) is 0 Å². The molecule has 1 fully saturated rings. The number of piperidine rings is 1. The zero-order valence-corrected chi connectivity index (χ0v) is 12.5. The monoisotopic (exact) mass is 279 g/mol. The van der Waals surface area contributed by atoms with Crippen LogP contribution in [-0.2, 0) is 24.8 Å². The zero-order valence-electron chi connectivity index (χ0n) is 12.5. The molecule has 112 valence electrons. The van der Waals surface area contributed by atoms with Crippen molar-refractivity contribution in [1.82, 2.24) is 14.7 Å². The first kappa shape index (κ1) is 15.0. The second kappa shape index (κ2) is 6.88. The Morgan fingerprint density at radius 3 is 3.00 bits per heavy atom. The van der Waals surface area contributed by atoms with E-state index in [1.54, 1.807) is 0 Å². The lowest BCUT2D eigenvalue weighted by Crippen LogP contribution is -2.35. The van der Waals surface area contributed by atoms with E-state index >= 15 is 0 Å². The van der Waals surface area contributed by atoms with Crippen LogP contribution in [-0.4, -0.2) is 38.8 Å². The van der Waals surface area contributed by atoms with Gasteiger partial charge in [0.2, 0.25) is 0 Å². The first-order valence-electron chi connectivity index (χ1n) is 7.54. The van der Waals surface area contributed by atoms with Gasteiger partial charge in [-0.05, 0) is 44.2 Å². The SMILES string of the molecule is CCc1cc(CN2CCCC(CCC(=O)O)C2)n(C)n1. The molecule has 0 saturated carbocycles. The molecule has 1 saturated heterocycles. The molecular weight excluding hydrogens is 254 g/mol. The van der Waals surface area contributed by atoms with Crippen molar-refractivity contribution in [3.63, 3.8) is 0 Å². The number of carboxylic acids is 1. The summed E-state index contributed by atoms with van der Waals surface area (Å²) < 4.78 is 1.97. The molecule has 5 nitrogen and oxygen atoms in total. The summed E-state index contributed by atoms with van der Waals surface area (Å²) in [5.41, 5.74) is 2.39. The van der Waals surface area contributed by atoms with Crippen molar-refractivity contribution in [3.8, 4) is 0 Å². The van der Waals surface area contributed by atoms with Gasteiger partial charge in [0.1, 0.15) is 0 Å². The number of hydrogen-bond donors (Lipinski definition) is 1. The number of hydrogen-bond acceptors (Lipinski definition) is 3. The molecule has 0 bridgehead atoms. The number of aryl methyl sites for hydroxylation is 2. The highest BCUT2D eigenvalue weighted by molar-refractivity contribution is 5.66. The molecule has 1 unspecified atom stereocenters. The summed E-state index contributed by atoms with van der Waals surface area (Å²) in [7, 11) is 2.00. The quantitative estimate of drug-likeness (QED) is 0.866. The zero-order chi connectivity index (χ0) is 14.5. The highest BCUT2D eigenvalue weighted by Gasteiger charge is 2.21. The van der Waals surface area contributed by atoms with Crippen LogP contribution in [0.2, 0.25) is 0 Å². The summed E-state index contributed by atoms with van der Waals surface area (Å²) in [4.78, 5) is 13.1. The van der Waals surface area contributed by atoms with E-state index in [2.05, 4.69) is 23.0 Å². The van der Waals surface area contributed by atoms with Crippen molar-refractivity contribution in [2.75, 3.05) is 13.1 Å². The van der Waals surface area contributed by atoms with E-state index in [-0.39, 0.29) is 0 Å². The summed E-state index contributed by atoms with van der Waals surface area (Å²) in [6.07, 6.45) is 4.40. The number of aromatic nitrogens is 2. The van der Waals surface area contributed by atoms with Gasteiger partial charge in [-0.2, -0.15) is 5.10 Å². The highest BCUT2D eigenvalue weighted by Crippen LogP contribution is 2.22. The minimum atomic E-state index is -0.679. The molecule has 0 radical (unpaired) electrons. The molecule has 1 aromatic heterocycles. The maximum atomic E-state index is 10.7. The molecule has 20 heavy (non-hydrogen) atoms. The van der Waals surface area contributed by atoms with E-state index in [4.69, 9.17) is 5.11 Å². The second-order valence-electron chi connectivity index (χ2n) is 5.78. The van der Waals surface area contributed by atoms with Gasteiger partial charge in [0.25, 0.3) is 0 Å². The normalized spacial score (nSPS) is 20.2. The van der Waals surface area contributed by atoms with Gasteiger partial charge in [-0.3, -0.25) is 14.4 Å². The standard InChI is InChI=1S/C15H25N3O2/c1-3-13-9-14(17(2)16-13)11-18-8-4-5-12(10-18)6-7-15(19)20/h9,12H,3-8,10-11H2,1-2H3,(H,19,20). The number of likely N-dealkylation sites (tertiary alicyclic amines) is 1. The Labute approximate surface area is 120 Å². The first-order chi connectivity index (χ1) is 9.58. The summed E-state index contributed by atoms with van der Waals surface area (Å²) in [5.74, 6) is -0.153. The minimum absolute atomic E-state index is 0.296. The van der Waals surface area contributed by atoms with E-state index in [9.17, 15) is 4.79 Å². The van der Waals surface area contributed by atoms with Crippen LogP contribution in [0.3, 0.4) is 0 Å². The minimum Gasteiger partial charge on any atom is -0.481 e. The molecule has 2 rings (SSSR count). The van der Waals surface area contributed by atoms with Crippen molar-refractivity contribution in [2.45, 2.75) is 45.6 Å². The fraction of sp³-hybridized carbons (Fsp3) is 0.733. The van der Waals surface area contributed by atoms with E-state index < -0.39 is 5.97 Å². The largest absolute Gasteiger partial charge is 0.481 e. The summed E-state index contributed by atoms with van der Waals surface area (Å²) in [5, 5.41) is 13.3. The van der Waals surface area contributed by atoms with Gasteiger partial charge in [0.05, 0.1) is 11.4 Å². The van der Waals surface area contributed by atoms with Gasteiger partial charge in [0, 0.05) is 26.6 Å². The summed E-state index contributed by atoms with van der Waals surface area (Å²) in [6, 6.07) is 2.18. The molecule has 0 amide bonds. The molecule has 0 aromatic carbocycles. The lowest BCUT2D eigenvalue weighted by molar-refractivity contribution is -0.137. The van der Waals surface area contributed by atoms with Crippen molar-refractivity contribution < 1.29 is 9.90 Å². The molecule has 5 heteroatoms. The Morgan fingerprint density at radius 2 is 2.35 bits per heavy atom. The van der Waals surface area contributed by atoms with Crippen LogP contribution in [0.15, 0.2) is 6.07 Å². The number of carboxylic acid groups (broad SMARTS) is 1. The number of rotatable bonds is 6. The molecular formula is C15H25N3O2. The van der Waals surface area contributed by atoms with Crippen LogP contribution < -0.4 is 0 Å². The van der Waals surface area contributed by atoms with Crippen molar-refractivity contribution in [1.29, 1.82) is 0 Å². The molecule has 0 spiro atoms. The Hall–Kier alpha value is -1.36. The molecule has 2 heterocycles. The molecule has 1 aromatic rings. The Bertz CT molecular complexity index is 456. The van der Waals surface area contributed by atoms with Gasteiger partial charge in [-0.25, -0.2) is 0 Å². The van der Waals surface area contributed by atoms with Crippen molar-refractivity contribution >= 4 is 5.97 Å². The van der Waals surface area contributed by atoms with Gasteiger partial charge >= 0.3 is 5.97 Å². The number of nitrogens with zero attached hydrogens (tertiary/aromatic N) is 3. The number of aliphatic carboxylic acids is 1. The van der Waals surface area contributed by atoms with Gasteiger partial charge < -0.3 is 5.11 Å². The second-order valence-corrected chi connectivity index (χ2v) is 5.78. The van der Waals surface area contributed by atoms with Crippen LogP contribution in [0, 0.1) is 5.92 Å². The van der Waals surface area contributed by atoms with E-state index in [0.29, 0.717) is 12.3 Å². The lowest BCUT2D eigenvalue weighted by atomic mass is 9.93. The lowest BCUT2D eigenvalue weighted by Gasteiger charge is -2.32. The third-order valence-electron chi connectivity index (χ3n) is 4.14. The molecule has 1 aliphatic rings. The Morgan fingerprint density at radius 1 is 1.55 bits per heavy atom. The highest BCUT2D eigenvalue weighted by atomic mass is 16.4. The van der Waals surface area contributed by atoms with Crippen LogP contribution >= 0.6 is 0 Å². The fourth-order valence-electron chi connectivity index (χ4n) is 2.98. The smallest absolute Gasteiger partial charge is 0.303 e. The molecule has 1 N–H and O–H groups in total. The van der Waals surface area contributed by atoms with E-state index in [1.807, 2.05) is 11.7 Å². The van der Waals surface area contributed by atoms with Crippen molar-refractivity contribution in [2.24, 2.45) is 13.0 Å². The Balaban J connectivity index is 1.88. The molecule has 0 aliphatic carbocycles. The van der Waals surface area contributed by atoms with Crippen LogP contribution in [0.25, 0.3) is 0 Å². The van der Waals surface area contributed by atoms with Crippen LogP contribution in [0.1, 0.15) is 44.0 Å². The van der Waals surface area contributed by atoms with E-state index in [0.717, 1.165) is 44.6 Å². The third kappa shape index (κ3) is 4.07. The van der Waals surface area contributed by atoms with Crippen LogP contribution in [0.4, 0.5) is 0 Å². The average Bonchev–Trinajstić information content (AvgIpc) is 2.78. The topological polar surface area (TPSA) is 58.4 Å². The summed E-state index contributed by atoms with van der Waals surface area (Å²) >= 11 is 0. The number of carbonyl (C=O) groups is 1. The summed E-state index contributed by atoms with van der Waals surface area (Å²) in [6.45, 7) is 5.16. The van der Waals surface area contributed by atoms with Crippen LogP contribution in [0.5, 0.6) is 0 Å². The maximum Gasteiger partial charge on any atom is 0.303 e. The fourth-order valence-corrected chi connectivity index (χ4v) is 2.98.